The Morgan fingerprint density at radius 3 is 1.90 bits per heavy atom. The third-order valence-corrected chi connectivity index (χ3v) is 9.06. The van der Waals surface area contributed by atoms with Gasteiger partial charge in [-0.1, -0.05) is 42.0 Å². The van der Waals surface area contributed by atoms with E-state index in [-0.39, 0.29) is 47.1 Å². The van der Waals surface area contributed by atoms with Crippen molar-refractivity contribution in [1.82, 2.24) is 0 Å². The Morgan fingerprint density at radius 2 is 1.31 bits per heavy atom. The highest BCUT2D eigenvalue weighted by Crippen LogP contribution is 2.19. The van der Waals surface area contributed by atoms with E-state index in [1.807, 2.05) is 60.7 Å². The fourth-order valence-corrected chi connectivity index (χ4v) is 6.08. The molecular weight excluding hydrogens is 647 g/mol. The van der Waals surface area contributed by atoms with Crippen LogP contribution in [0.3, 0.4) is 0 Å². The highest BCUT2D eigenvalue weighted by Gasteiger charge is 2.23. The summed E-state index contributed by atoms with van der Waals surface area (Å²) in [6, 6.07) is 32.2. The minimum atomic E-state index is -0.953. The van der Waals surface area contributed by atoms with Crippen molar-refractivity contribution in [2.45, 2.75) is 25.6 Å². The van der Waals surface area contributed by atoms with Crippen molar-refractivity contribution in [1.29, 1.82) is 0 Å². The molecule has 218 valence electrons. The summed E-state index contributed by atoms with van der Waals surface area (Å²) in [5.74, 6) is 1.52. The lowest BCUT2D eigenvalue weighted by atomic mass is 10.0. The van der Waals surface area contributed by atoms with Crippen LogP contribution in [0.25, 0.3) is 0 Å². The fraction of sp³-hybridized carbons (Fsp3) is 0.265. The van der Waals surface area contributed by atoms with Gasteiger partial charge >= 0.3 is 27.2 Å². The average molecular weight is 682 g/mol. The summed E-state index contributed by atoms with van der Waals surface area (Å²) in [5.41, 5.74) is 3.57. The second-order valence-electron chi connectivity index (χ2n) is 10.0. The summed E-state index contributed by atoms with van der Waals surface area (Å²) in [6.45, 7) is 3.07. The third kappa shape index (κ3) is 10.0. The topological polar surface area (TPSA) is 86.8 Å². The summed E-state index contributed by atoms with van der Waals surface area (Å²) in [6.07, 6.45) is 0.0729. The number of aliphatic hydroxyl groups excluding tert-OH is 1. The molecule has 1 N–H and O–H groups in total. The predicted octanol–water partition coefficient (Wildman–Crippen LogP) is 1.85. The predicted molar refractivity (Wildman–Crippen MR) is 154 cm³/mol. The second kappa shape index (κ2) is 15.0. The first-order valence-corrected chi connectivity index (χ1v) is 16.0. The summed E-state index contributed by atoms with van der Waals surface area (Å²) >= 11 is -0.263. The van der Waals surface area contributed by atoms with E-state index < -0.39 is 12.1 Å². The quantitative estimate of drug-likeness (QED) is 0.117. The molecule has 1 aliphatic heterocycles. The molecule has 4 aromatic rings. The van der Waals surface area contributed by atoms with E-state index in [1.165, 1.54) is 18.3 Å². The molecule has 2 unspecified atom stereocenters. The maximum absolute atomic E-state index is 12.1. The largest absolute Gasteiger partial charge is 0.491 e. The van der Waals surface area contributed by atoms with Crippen LogP contribution in [0.4, 0.5) is 0 Å². The molecule has 1 aliphatic rings. The smallest absolute Gasteiger partial charge is 0.357 e. The zero-order valence-corrected chi connectivity index (χ0v) is 25.6. The number of halogens is 1. The number of hydrogen-bond acceptors (Lipinski definition) is 7. The molecule has 0 saturated carbocycles. The van der Waals surface area contributed by atoms with Crippen LogP contribution in [0.1, 0.15) is 16.7 Å². The molecule has 1 saturated heterocycles. The van der Waals surface area contributed by atoms with Gasteiger partial charge in [0.15, 0.2) is 13.7 Å². The van der Waals surface area contributed by atoms with Gasteiger partial charge in [0.25, 0.3) is 0 Å². The van der Waals surface area contributed by atoms with Gasteiger partial charge in [-0.05, 0) is 85.1 Å². The van der Waals surface area contributed by atoms with Crippen molar-refractivity contribution < 1.29 is 54.8 Å². The lowest BCUT2D eigenvalue weighted by Crippen LogP contribution is -3.61. The standard InChI is InChI=1S/C34H34IO7/c1-24-2-8-27(9-3-24)35-28-10-16-32(17-11-28)41-23-34(37)42-20-29(36)19-38-30-12-4-25(5-13-30)18-26-6-14-31(15-7-26)39-21-33-22-40-33/h2-17,29,33,36H,18-23H2,1H3/q+1. The first kappa shape index (κ1) is 29.9. The van der Waals surface area contributed by atoms with E-state index in [9.17, 15) is 9.90 Å². The van der Waals surface area contributed by atoms with E-state index in [4.69, 9.17) is 23.7 Å². The number of rotatable bonds is 15. The zero-order chi connectivity index (χ0) is 29.1. The Labute approximate surface area is 256 Å². The number of hydrogen-bond donors (Lipinski definition) is 1. The van der Waals surface area contributed by atoms with Crippen LogP contribution in [-0.2, 0) is 20.7 Å². The monoisotopic (exact) mass is 681 g/mol. The number of carbonyl (C=O) groups is 1. The molecule has 42 heavy (non-hydrogen) atoms. The molecule has 0 amide bonds. The third-order valence-electron chi connectivity index (χ3n) is 6.37. The van der Waals surface area contributed by atoms with Crippen molar-refractivity contribution in [3.8, 4) is 17.2 Å². The van der Waals surface area contributed by atoms with E-state index in [2.05, 4.69) is 43.3 Å². The van der Waals surface area contributed by atoms with Gasteiger partial charge in [0.05, 0.1) is 6.61 Å². The van der Waals surface area contributed by atoms with Gasteiger partial charge in [-0.25, -0.2) is 4.79 Å². The molecule has 1 fully saturated rings. The Bertz CT molecular complexity index is 1400. The lowest BCUT2D eigenvalue weighted by Gasteiger charge is -2.13. The summed E-state index contributed by atoms with van der Waals surface area (Å²) in [4.78, 5) is 12.1. The molecule has 0 bridgehead atoms. The number of aryl methyl sites for hydroxylation is 1. The molecular formula is C34H34IO7+. The fourth-order valence-electron chi connectivity index (χ4n) is 3.93. The molecule has 8 heteroatoms. The van der Waals surface area contributed by atoms with Gasteiger partial charge in [-0.15, -0.1) is 0 Å². The van der Waals surface area contributed by atoms with Crippen LogP contribution in [0.2, 0.25) is 0 Å². The number of aliphatic hydroxyl groups is 1. The minimum absolute atomic E-state index is 0.00632. The SMILES string of the molecule is Cc1ccc([I+]c2ccc(OCC(=O)OCC(O)COc3ccc(Cc4ccc(OCC5CO5)cc4)cc3)cc2)cc1. The molecule has 4 aromatic carbocycles. The summed E-state index contributed by atoms with van der Waals surface area (Å²) in [5, 5.41) is 10.2. The first-order valence-electron chi connectivity index (χ1n) is 13.8. The van der Waals surface area contributed by atoms with Crippen LogP contribution in [0.5, 0.6) is 17.2 Å². The van der Waals surface area contributed by atoms with Gasteiger partial charge < -0.3 is 28.8 Å². The summed E-state index contributed by atoms with van der Waals surface area (Å²) in [7, 11) is 0. The second-order valence-corrected chi connectivity index (χ2v) is 13.0. The van der Waals surface area contributed by atoms with Gasteiger partial charge in [-0.3, -0.25) is 0 Å². The van der Waals surface area contributed by atoms with E-state index in [0.29, 0.717) is 18.1 Å². The molecule has 0 aliphatic carbocycles. The maximum Gasteiger partial charge on any atom is 0.357 e. The number of esters is 1. The summed E-state index contributed by atoms with van der Waals surface area (Å²) < 4.78 is 29.8. The molecule has 2 atom stereocenters. The van der Waals surface area contributed by atoms with Crippen LogP contribution < -0.4 is 35.4 Å². The number of benzene rings is 4. The number of epoxide rings is 1. The van der Waals surface area contributed by atoms with E-state index >= 15 is 0 Å². The van der Waals surface area contributed by atoms with E-state index in [1.54, 1.807) is 0 Å². The van der Waals surface area contributed by atoms with Crippen molar-refractivity contribution >= 4 is 5.97 Å². The normalized spacial score (nSPS) is 14.6. The number of carbonyl (C=O) groups excluding carboxylic acids is 1. The minimum Gasteiger partial charge on any atom is -0.491 e. The Kier molecular flexibility index (Phi) is 10.7. The van der Waals surface area contributed by atoms with Crippen LogP contribution in [0.15, 0.2) is 97.1 Å². The van der Waals surface area contributed by atoms with Crippen molar-refractivity contribution in [2.24, 2.45) is 0 Å². The van der Waals surface area contributed by atoms with Gasteiger partial charge in [-0.2, -0.15) is 0 Å². The molecule has 1 heterocycles. The highest BCUT2D eigenvalue weighted by atomic mass is 127. The zero-order valence-electron chi connectivity index (χ0n) is 23.4. The molecule has 5 rings (SSSR count). The van der Waals surface area contributed by atoms with Crippen LogP contribution >= 0.6 is 0 Å². The Balaban J connectivity index is 0.961. The van der Waals surface area contributed by atoms with Crippen molar-refractivity contribution in [3.05, 3.63) is 121 Å². The van der Waals surface area contributed by atoms with Crippen molar-refractivity contribution in [2.75, 3.05) is 33.0 Å². The van der Waals surface area contributed by atoms with Gasteiger partial charge in [0.1, 0.15) is 49.3 Å². The van der Waals surface area contributed by atoms with Gasteiger partial charge in [0.2, 0.25) is 0 Å². The molecule has 0 aromatic heterocycles. The molecule has 0 radical (unpaired) electrons. The average Bonchev–Trinajstić information content (AvgIpc) is 3.85. The number of ether oxygens (including phenoxy) is 5. The maximum atomic E-state index is 12.1. The van der Waals surface area contributed by atoms with Gasteiger partial charge in [0, 0.05) is 0 Å². The van der Waals surface area contributed by atoms with Crippen molar-refractivity contribution in [3.63, 3.8) is 0 Å². The molecule has 0 spiro atoms. The highest BCUT2D eigenvalue weighted by molar-refractivity contribution is 5.71. The Morgan fingerprint density at radius 1 is 0.786 bits per heavy atom. The first-order chi connectivity index (χ1) is 20.5. The Hall–Kier alpha value is -3.60. The molecule has 7 nitrogen and oxygen atoms in total. The van der Waals surface area contributed by atoms with E-state index in [0.717, 1.165) is 24.3 Å². The lowest BCUT2D eigenvalue weighted by molar-refractivity contribution is -0.597. The van der Waals surface area contributed by atoms with Crippen LogP contribution in [-0.4, -0.2) is 56.3 Å². The van der Waals surface area contributed by atoms with Crippen LogP contribution in [0, 0.1) is 14.1 Å².